The summed E-state index contributed by atoms with van der Waals surface area (Å²) in [5, 5.41) is 0.620. The number of nitrogens with two attached hydrogens (primary N) is 1. The van der Waals surface area contributed by atoms with Crippen LogP contribution in [-0.2, 0) is 11.3 Å². The van der Waals surface area contributed by atoms with Crippen molar-refractivity contribution in [3.05, 3.63) is 63.7 Å². The molecule has 3 nitrogen and oxygen atoms in total. The van der Waals surface area contributed by atoms with E-state index >= 15 is 0 Å². The highest BCUT2D eigenvalue weighted by atomic mass is 35.5. The van der Waals surface area contributed by atoms with Crippen molar-refractivity contribution in [3.8, 4) is 0 Å². The molecule has 0 unspecified atom stereocenters. The average Bonchev–Trinajstić information content (AvgIpc) is 2.40. The molecule has 0 bridgehead atoms. The summed E-state index contributed by atoms with van der Waals surface area (Å²) >= 11 is 5.89. The van der Waals surface area contributed by atoms with Gasteiger partial charge in [0.1, 0.15) is 6.61 Å². The predicted octanol–water partition coefficient (Wildman–Crippen LogP) is 3.90. The van der Waals surface area contributed by atoms with Crippen LogP contribution in [0.15, 0.2) is 36.4 Å². The van der Waals surface area contributed by atoms with E-state index in [4.69, 9.17) is 22.1 Å². The summed E-state index contributed by atoms with van der Waals surface area (Å²) in [6.45, 7) is 3.98. The van der Waals surface area contributed by atoms with Crippen LogP contribution >= 0.6 is 11.6 Å². The summed E-state index contributed by atoms with van der Waals surface area (Å²) in [7, 11) is 0. The van der Waals surface area contributed by atoms with Gasteiger partial charge in [-0.15, -0.1) is 0 Å². The van der Waals surface area contributed by atoms with Gasteiger partial charge in [-0.25, -0.2) is 4.79 Å². The van der Waals surface area contributed by atoms with Crippen molar-refractivity contribution in [1.82, 2.24) is 0 Å². The molecule has 0 fully saturated rings. The number of carbonyl (C=O) groups excluding carboxylic acids is 1. The second-order valence-electron chi connectivity index (χ2n) is 4.72. The number of nitrogen functional groups attached to an aromatic ring is 1. The van der Waals surface area contributed by atoms with E-state index in [1.807, 2.05) is 32.0 Å². The molecule has 0 saturated heterocycles. The summed E-state index contributed by atoms with van der Waals surface area (Å²) < 4.78 is 5.31. The standard InChI is InChI=1S/C16H16ClNO2/c1-10-6-14(18)8-15(11(10)2)16(19)20-9-12-4-3-5-13(17)7-12/h3-8H,9,18H2,1-2H3. The van der Waals surface area contributed by atoms with Gasteiger partial charge in [0.05, 0.1) is 5.56 Å². The van der Waals surface area contributed by atoms with E-state index in [2.05, 4.69) is 0 Å². The smallest absolute Gasteiger partial charge is 0.338 e. The third kappa shape index (κ3) is 3.31. The number of halogens is 1. The van der Waals surface area contributed by atoms with Gasteiger partial charge < -0.3 is 10.5 Å². The van der Waals surface area contributed by atoms with Crippen LogP contribution in [0.1, 0.15) is 27.0 Å². The van der Waals surface area contributed by atoms with Crippen molar-refractivity contribution in [1.29, 1.82) is 0 Å². The minimum absolute atomic E-state index is 0.187. The highest BCUT2D eigenvalue weighted by molar-refractivity contribution is 6.30. The normalized spacial score (nSPS) is 10.3. The Hall–Kier alpha value is -2.00. The average molecular weight is 290 g/mol. The van der Waals surface area contributed by atoms with Gasteiger partial charge in [0.25, 0.3) is 0 Å². The summed E-state index contributed by atoms with van der Waals surface area (Å²) in [6.07, 6.45) is 0. The van der Waals surface area contributed by atoms with Crippen LogP contribution in [0.4, 0.5) is 5.69 Å². The van der Waals surface area contributed by atoms with Crippen LogP contribution in [0.2, 0.25) is 5.02 Å². The van der Waals surface area contributed by atoms with Crippen LogP contribution in [0, 0.1) is 13.8 Å². The fourth-order valence-electron chi connectivity index (χ4n) is 1.95. The lowest BCUT2D eigenvalue weighted by molar-refractivity contribution is 0.0472. The zero-order chi connectivity index (χ0) is 14.7. The molecule has 0 amide bonds. The second kappa shape index (κ2) is 5.97. The molecule has 0 spiro atoms. The lowest BCUT2D eigenvalue weighted by Gasteiger charge is -2.10. The van der Waals surface area contributed by atoms with Crippen molar-refractivity contribution in [2.24, 2.45) is 0 Å². The summed E-state index contributed by atoms with van der Waals surface area (Å²) in [5.74, 6) is -0.377. The van der Waals surface area contributed by atoms with Gasteiger partial charge in [-0.05, 0) is 54.8 Å². The van der Waals surface area contributed by atoms with E-state index in [0.29, 0.717) is 16.3 Å². The molecule has 0 radical (unpaired) electrons. The van der Waals surface area contributed by atoms with Crippen molar-refractivity contribution in [2.75, 3.05) is 5.73 Å². The molecular formula is C16H16ClNO2. The zero-order valence-electron chi connectivity index (χ0n) is 11.4. The third-order valence-corrected chi connectivity index (χ3v) is 3.40. The van der Waals surface area contributed by atoms with Crippen LogP contribution in [0.25, 0.3) is 0 Å². The molecule has 2 rings (SSSR count). The minimum Gasteiger partial charge on any atom is -0.457 e. The summed E-state index contributed by atoms with van der Waals surface area (Å²) in [5.41, 5.74) is 9.54. The SMILES string of the molecule is Cc1cc(N)cc(C(=O)OCc2cccc(Cl)c2)c1C. The molecule has 0 aliphatic rings. The number of anilines is 1. The monoisotopic (exact) mass is 289 g/mol. The zero-order valence-corrected chi connectivity index (χ0v) is 12.2. The van der Waals surface area contributed by atoms with Gasteiger partial charge in [-0.1, -0.05) is 23.7 Å². The largest absolute Gasteiger partial charge is 0.457 e. The Morgan fingerprint density at radius 1 is 1.25 bits per heavy atom. The van der Waals surface area contributed by atoms with E-state index in [1.54, 1.807) is 18.2 Å². The van der Waals surface area contributed by atoms with Gasteiger partial charge in [-0.3, -0.25) is 0 Å². The van der Waals surface area contributed by atoms with Gasteiger partial charge in [-0.2, -0.15) is 0 Å². The summed E-state index contributed by atoms with van der Waals surface area (Å²) in [4.78, 5) is 12.1. The molecule has 0 heterocycles. The molecule has 4 heteroatoms. The maximum absolute atomic E-state index is 12.1. The Morgan fingerprint density at radius 3 is 2.70 bits per heavy atom. The molecular weight excluding hydrogens is 274 g/mol. The molecule has 0 atom stereocenters. The molecule has 2 aromatic carbocycles. The topological polar surface area (TPSA) is 52.3 Å². The van der Waals surface area contributed by atoms with E-state index < -0.39 is 0 Å². The number of hydrogen-bond acceptors (Lipinski definition) is 3. The van der Waals surface area contributed by atoms with Crippen LogP contribution in [0.5, 0.6) is 0 Å². The molecule has 0 aliphatic heterocycles. The van der Waals surface area contributed by atoms with Crippen LogP contribution in [-0.4, -0.2) is 5.97 Å². The van der Waals surface area contributed by atoms with Crippen molar-refractivity contribution in [3.63, 3.8) is 0 Å². The number of esters is 1. The van der Waals surface area contributed by atoms with E-state index in [-0.39, 0.29) is 12.6 Å². The van der Waals surface area contributed by atoms with Crippen molar-refractivity contribution >= 4 is 23.3 Å². The van der Waals surface area contributed by atoms with E-state index in [1.165, 1.54) is 0 Å². The maximum Gasteiger partial charge on any atom is 0.338 e. The molecule has 104 valence electrons. The van der Waals surface area contributed by atoms with E-state index in [0.717, 1.165) is 16.7 Å². The highest BCUT2D eigenvalue weighted by Gasteiger charge is 2.13. The van der Waals surface area contributed by atoms with Crippen molar-refractivity contribution in [2.45, 2.75) is 20.5 Å². The van der Waals surface area contributed by atoms with Gasteiger partial charge in [0.15, 0.2) is 0 Å². The first-order chi connectivity index (χ1) is 9.47. The predicted molar refractivity (Wildman–Crippen MR) is 80.9 cm³/mol. The maximum atomic E-state index is 12.1. The Labute approximate surface area is 123 Å². The number of rotatable bonds is 3. The van der Waals surface area contributed by atoms with Gasteiger partial charge in [0, 0.05) is 10.7 Å². The molecule has 0 saturated carbocycles. The lowest BCUT2D eigenvalue weighted by atomic mass is 10.0. The van der Waals surface area contributed by atoms with Gasteiger partial charge in [0.2, 0.25) is 0 Å². The Bertz CT molecular complexity index is 653. The number of ether oxygens (including phenoxy) is 1. The first kappa shape index (κ1) is 14.4. The fraction of sp³-hybridized carbons (Fsp3) is 0.188. The lowest BCUT2D eigenvalue weighted by Crippen LogP contribution is -2.09. The fourth-order valence-corrected chi connectivity index (χ4v) is 2.17. The Balaban J connectivity index is 2.13. The molecule has 20 heavy (non-hydrogen) atoms. The molecule has 2 N–H and O–H groups in total. The minimum atomic E-state index is -0.377. The summed E-state index contributed by atoms with van der Waals surface area (Å²) in [6, 6.07) is 10.7. The number of carbonyl (C=O) groups is 1. The number of aryl methyl sites for hydroxylation is 1. The van der Waals surface area contributed by atoms with Crippen LogP contribution < -0.4 is 5.73 Å². The first-order valence-electron chi connectivity index (χ1n) is 6.25. The first-order valence-corrected chi connectivity index (χ1v) is 6.63. The Morgan fingerprint density at radius 2 is 2.00 bits per heavy atom. The molecule has 0 aromatic heterocycles. The Kier molecular flexibility index (Phi) is 4.30. The quantitative estimate of drug-likeness (QED) is 0.689. The van der Waals surface area contributed by atoms with Crippen molar-refractivity contribution < 1.29 is 9.53 Å². The molecule has 2 aromatic rings. The van der Waals surface area contributed by atoms with Gasteiger partial charge >= 0.3 is 5.97 Å². The molecule has 0 aliphatic carbocycles. The van der Waals surface area contributed by atoms with E-state index in [9.17, 15) is 4.79 Å². The number of hydrogen-bond donors (Lipinski definition) is 1. The third-order valence-electron chi connectivity index (χ3n) is 3.17. The highest BCUT2D eigenvalue weighted by Crippen LogP contribution is 2.19. The van der Waals surface area contributed by atoms with Crippen LogP contribution in [0.3, 0.4) is 0 Å². The number of benzene rings is 2. The second-order valence-corrected chi connectivity index (χ2v) is 5.15.